The van der Waals surface area contributed by atoms with Gasteiger partial charge in [0.05, 0.1) is 5.60 Å². The van der Waals surface area contributed by atoms with Crippen LogP contribution in [0.15, 0.2) is 0 Å². The van der Waals surface area contributed by atoms with Crippen LogP contribution in [-0.4, -0.2) is 23.3 Å². The number of hydrogen-bond donors (Lipinski definition) is 2. The summed E-state index contributed by atoms with van der Waals surface area (Å²) in [7, 11) is 0. The van der Waals surface area contributed by atoms with Gasteiger partial charge >= 0.3 is 6.09 Å². The number of rotatable bonds is 16. The van der Waals surface area contributed by atoms with E-state index in [9.17, 15) is 31.9 Å². The molecule has 9 heteroatoms. The Labute approximate surface area is 212 Å². The van der Waals surface area contributed by atoms with Gasteiger partial charge in [0.2, 0.25) is 34.8 Å². The molecular weight excluding hydrogens is 481 g/mol. The summed E-state index contributed by atoms with van der Waals surface area (Å²) in [6, 6.07) is 0. The van der Waals surface area contributed by atoms with Crippen LogP contribution in [0.4, 0.5) is 26.7 Å². The average molecular weight is 524 g/mol. The maximum atomic E-state index is 13.7. The minimum atomic E-state index is -2.32. The molecule has 0 spiro atoms. The summed E-state index contributed by atoms with van der Waals surface area (Å²) in [5.74, 6) is -12.5. The van der Waals surface area contributed by atoms with E-state index in [1.165, 1.54) is 25.7 Å². The number of halogens is 5. The van der Waals surface area contributed by atoms with Crippen molar-refractivity contribution in [1.82, 2.24) is 5.32 Å². The van der Waals surface area contributed by atoms with Gasteiger partial charge in [0.15, 0.2) is 0 Å². The Kier molecular flexibility index (Phi) is 13.7. The number of nitrogens with one attached hydrogen (secondary N) is 1. The van der Waals surface area contributed by atoms with Gasteiger partial charge in [-0.15, -0.1) is 0 Å². The predicted octanol–water partition coefficient (Wildman–Crippen LogP) is 8.05. The van der Waals surface area contributed by atoms with Gasteiger partial charge in [0, 0.05) is 6.54 Å². The van der Waals surface area contributed by atoms with Crippen LogP contribution in [0.5, 0.6) is 5.75 Å². The molecule has 1 amide bonds. The molecule has 208 valence electrons. The Bertz CT molecular complexity index is 795. The van der Waals surface area contributed by atoms with E-state index in [2.05, 4.69) is 17.0 Å². The van der Waals surface area contributed by atoms with Gasteiger partial charge < -0.3 is 15.2 Å². The zero-order valence-corrected chi connectivity index (χ0v) is 22.2. The molecule has 1 atom stereocenters. The topological polar surface area (TPSA) is 58.6 Å². The van der Waals surface area contributed by atoms with Gasteiger partial charge in [-0.05, 0) is 37.0 Å². The largest absolute Gasteiger partial charge is 0.412 e. The van der Waals surface area contributed by atoms with Crippen molar-refractivity contribution >= 4 is 6.09 Å². The molecule has 36 heavy (non-hydrogen) atoms. The van der Waals surface area contributed by atoms with Crippen molar-refractivity contribution in [3.05, 3.63) is 29.1 Å². The third-order valence-corrected chi connectivity index (χ3v) is 7.02. The van der Waals surface area contributed by atoms with Crippen LogP contribution in [0.1, 0.15) is 98.8 Å². The van der Waals surface area contributed by atoms with E-state index in [1.54, 1.807) is 0 Å². The van der Waals surface area contributed by atoms with Crippen molar-refractivity contribution in [3.63, 3.8) is 0 Å². The zero-order chi connectivity index (χ0) is 27.5. The molecule has 1 unspecified atom stereocenters. The molecule has 0 aliphatic rings. The quantitative estimate of drug-likeness (QED) is 0.0997. The lowest BCUT2D eigenvalue weighted by molar-refractivity contribution is -0.102. The van der Waals surface area contributed by atoms with E-state index in [0.717, 1.165) is 25.7 Å². The minimum absolute atomic E-state index is 0.0667. The fourth-order valence-corrected chi connectivity index (χ4v) is 4.90. The van der Waals surface area contributed by atoms with Crippen LogP contribution >= 0.6 is 0 Å². The summed E-state index contributed by atoms with van der Waals surface area (Å²) in [4.78, 5) is 11.9. The lowest BCUT2D eigenvalue weighted by Crippen LogP contribution is -2.48. The van der Waals surface area contributed by atoms with Crippen LogP contribution in [0.2, 0.25) is 0 Å². The molecule has 0 saturated heterocycles. The van der Waals surface area contributed by atoms with E-state index < -0.39 is 46.5 Å². The van der Waals surface area contributed by atoms with Gasteiger partial charge in [-0.3, -0.25) is 0 Å². The number of amides is 1. The number of benzene rings is 1. The summed E-state index contributed by atoms with van der Waals surface area (Å²) in [6.07, 6.45) is 8.43. The summed E-state index contributed by atoms with van der Waals surface area (Å²) in [5.41, 5.74) is -0.832. The molecule has 0 bridgehead atoms. The Morgan fingerprint density at radius 2 is 1.22 bits per heavy atom. The molecule has 2 N–H and O–H groups in total. The highest BCUT2D eigenvalue weighted by Crippen LogP contribution is 2.39. The summed E-state index contributed by atoms with van der Waals surface area (Å²) in [5, 5.41) is 13.8. The first-order valence-corrected chi connectivity index (χ1v) is 13.1. The van der Waals surface area contributed by atoms with Crippen LogP contribution in [0, 0.1) is 46.8 Å². The Hall–Kier alpha value is -1.90. The monoisotopic (exact) mass is 523 g/mol. The molecule has 4 nitrogen and oxygen atoms in total. The molecule has 1 aromatic rings. The predicted molar refractivity (Wildman–Crippen MR) is 130 cm³/mol. The molecule has 0 aliphatic carbocycles. The second-order valence-electron chi connectivity index (χ2n) is 10.2. The fourth-order valence-electron chi connectivity index (χ4n) is 4.90. The first-order valence-electron chi connectivity index (χ1n) is 13.1. The lowest BCUT2D eigenvalue weighted by Gasteiger charge is -2.43. The first-order chi connectivity index (χ1) is 16.9. The van der Waals surface area contributed by atoms with Crippen molar-refractivity contribution in [3.8, 4) is 5.75 Å². The van der Waals surface area contributed by atoms with Crippen molar-refractivity contribution in [2.75, 3.05) is 6.54 Å². The van der Waals surface area contributed by atoms with E-state index in [1.807, 2.05) is 27.7 Å². The molecule has 0 aromatic heterocycles. The normalized spacial score (nSPS) is 12.9. The van der Waals surface area contributed by atoms with Crippen molar-refractivity contribution in [2.45, 2.75) is 104 Å². The van der Waals surface area contributed by atoms with Gasteiger partial charge in [-0.1, -0.05) is 79.6 Å². The molecule has 0 aliphatic heterocycles. The molecule has 1 aromatic carbocycles. The number of hydrogen-bond acceptors (Lipinski definition) is 3. The summed E-state index contributed by atoms with van der Waals surface area (Å²) < 4.78 is 71.3. The van der Waals surface area contributed by atoms with Crippen LogP contribution in [0.25, 0.3) is 0 Å². The molecule has 0 saturated carbocycles. The lowest BCUT2D eigenvalue weighted by atomic mass is 9.68. The number of aliphatic hydroxyl groups is 1. The van der Waals surface area contributed by atoms with E-state index >= 15 is 0 Å². The first kappa shape index (κ1) is 32.1. The SMILES string of the molecule is CCCCCCCCC(CCCCNC(=O)Oc1c(F)c(F)c(F)c(F)c1F)C(O)(C(C)C)C(C)C. The van der Waals surface area contributed by atoms with Crippen LogP contribution < -0.4 is 10.1 Å². The number of ether oxygens (including phenoxy) is 1. The highest BCUT2D eigenvalue weighted by Gasteiger charge is 2.41. The average Bonchev–Trinajstić information content (AvgIpc) is 2.83. The third kappa shape index (κ3) is 8.60. The number of carbonyl (C=O) groups excluding carboxylic acids is 1. The maximum Gasteiger partial charge on any atom is 0.412 e. The van der Waals surface area contributed by atoms with Gasteiger partial charge in [-0.2, -0.15) is 8.78 Å². The van der Waals surface area contributed by atoms with Crippen molar-refractivity contribution in [2.24, 2.45) is 17.8 Å². The smallest absolute Gasteiger partial charge is 0.404 e. The highest BCUT2D eigenvalue weighted by atomic mass is 19.2. The van der Waals surface area contributed by atoms with Crippen LogP contribution in [0.3, 0.4) is 0 Å². The summed E-state index contributed by atoms with van der Waals surface area (Å²) in [6.45, 7) is 10.3. The molecule has 1 rings (SSSR count). The second-order valence-corrected chi connectivity index (χ2v) is 10.2. The fraction of sp³-hybridized carbons (Fsp3) is 0.741. The van der Waals surface area contributed by atoms with Crippen molar-refractivity contribution in [1.29, 1.82) is 0 Å². The highest BCUT2D eigenvalue weighted by molar-refractivity contribution is 5.70. The standard InChI is InChI=1S/C27H42F5NO3/c1-6-7-8-9-10-11-14-19(27(35,17(2)3)18(4)5)15-12-13-16-33-26(34)36-25-23(31)21(29)20(28)22(30)24(25)32/h17-19,35H,6-16H2,1-5H3,(H,33,34). The summed E-state index contributed by atoms with van der Waals surface area (Å²) >= 11 is 0. The van der Waals surface area contributed by atoms with Crippen LogP contribution in [-0.2, 0) is 0 Å². The van der Waals surface area contributed by atoms with Gasteiger partial charge in [0.25, 0.3) is 0 Å². The van der Waals surface area contributed by atoms with E-state index in [4.69, 9.17) is 0 Å². The zero-order valence-electron chi connectivity index (χ0n) is 22.2. The molecule has 0 heterocycles. The third-order valence-electron chi connectivity index (χ3n) is 7.02. The number of carbonyl (C=O) groups is 1. The second kappa shape index (κ2) is 15.4. The van der Waals surface area contributed by atoms with Crippen molar-refractivity contribution < 1.29 is 36.6 Å². The van der Waals surface area contributed by atoms with Gasteiger partial charge in [0.1, 0.15) is 0 Å². The Morgan fingerprint density at radius 1 is 0.778 bits per heavy atom. The maximum absolute atomic E-state index is 13.7. The Morgan fingerprint density at radius 3 is 1.72 bits per heavy atom. The molecular formula is C27H42F5NO3. The minimum Gasteiger partial charge on any atom is -0.404 e. The number of unbranched alkanes of at least 4 members (excludes halogenated alkanes) is 6. The van der Waals surface area contributed by atoms with E-state index in [-0.39, 0.29) is 24.3 Å². The molecule has 0 fully saturated rings. The molecule has 0 radical (unpaired) electrons. The van der Waals surface area contributed by atoms with E-state index in [0.29, 0.717) is 12.8 Å². The Balaban J connectivity index is 2.63. The van der Waals surface area contributed by atoms with Gasteiger partial charge in [-0.25, -0.2) is 18.0 Å².